The van der Waals surface area contributed by atoms with Gasteiger partial charge in [-0.05, 0) is 37.1 Å². The number of ether oxygens (including phenoxy) is 1. The number of methoxy groups -OCH3 is 1. The van der Waals surface area contributed by atoms with Gasteiger partial charge in [0.25, 0.3) is 0 Å². The van der Waals surface area contributed by atoms with Crippen LogP contribution < -0.4 is 5.73 Å². The molecule has 0 aromatic carbocycles. The zero-order valence-corrected chi connectivity index (χ0v) is 11.8. The van der Waals surface area contributed by atoms with E-state index >= 15 is 0 Å². The van der Waals surface area contributed by atoms with Gasteiger partial charge in [-0.1, -0.05) is 19.1 Å². The number of piperidine rings is 1. The van der Waals surface area contributed by atoms with Gasteiger partial charge in [-0.25, -0.2) is 0 Å². The average Bonchev–Trinajstić information content (AvgIpc) is 3.00. The highest BCUT2D eigenvalue weighted by Gasteiger charge is 2.45. The molecule has 0 spiro atoms. The number of nitrogens with zero attached hydrogens (tertiary/aromatic N) is 1. The van der Waals surface area contributed by atoms with Crippen molar-refractivity contribution < 1.29 is 4.74 Å². The lowest BCUT2D eigenvalue weighted by atomic mass is 9.93. The summed E-state index contributed by atoms with van der Waals surface area (Å²) in [6.45, 7) is 5.70. The fourth-order valence-electron chi connectivity index (χ4n) is 2.96. The maximum absolute atomic E-state index is 5.69. The summed E-state index contributed by atoms with van der Waals surface area (Å²) >= 11 is 5.05. The number of rotatable bonds is 5. The molecule has 3 nitrogen and oxygen atoms in total. The molecule has 1 saturated heterocycles. The van der Waals surface area contributed by atoms with E-state index in [4.69, 9.17) is 22.7 Å². The Kier molecular flexibility index (Phi) is 4.06. The average molecular weight is 256 g/mol. The molecule has 0 bridgehead atoms. The lowest BCUT2D eigenvalue weighted by molar-refractivity contribution is -0.0103. The molecule has 0 aromatic rings. The second-order valence-electron chi connectivity index (χ2n) is 5.92. The van der Waals surface area contributed by atoms with E-state index < -0.39 is 0 Å². The maximum atomic E-state index is 5.69. The van der Waals surface area contributed by atoms with Crippen molar-refractivity contribution in [3.8, 4) is 0 Å². The zero-order valence-electron chi connectivity index (χ0n) is 10.9. The molecular formula is C13H24N2OS. The van der Waals surface area contributed by atoms with Crippen LogP contribution in [0.15, 0.2) is 0 Å². The normalized spacial score (nSPS) is 32.4. The van der Waals surface area contributed by atoms with Crippen LogP contribution in [0.1, 0.15) is 32.6 Å². The number of thiocarbonyl (C=S) groups is 1. The van der Waals surface area contributed by atoms with Gasteiger partial charge in [0, 0.05) is 26.6 Å². The summed E-state index contributed by atoms with van der Waals surface area (Å²) in [4.78, 5) is 3.22. The van der Waals surface area contributed by atoms with E-state index in [0.717, 1.165) is 19.5 Å². The van der Waals surface area contributed by atoms with E-state index in [9.17, 15) is 0 Å². The Morgan fingerprint density at radius 1 is 1.53 bits per heavy atom. The Bertz CT molecular complexity index is 291. The van der Waals surface area contributed by atoms with Crippen molar-refractivity contribution in [2.75, 3.05) is 26.7 Å². The molecule has 1 aliphatic heterocycles. The molecule has 2 atom stereocenters. The highest BCUT2D eigenvalue weighted by molar-refractivity contribution is 7.80. The van der Waals surface area contributed by atoms with Crippen LogP contribution in [0.4, 0.5) is 0 Å². The van der Waals surface area contributed by atoms with E-state index in [2.05, 4.69) is 11.8 Å². The van der Waals surface area contributed by atoms with Crippen LogP contribution in [0.5, 0.6) is 0 Å². The number of hydrogen-bond donors (Lipinski definition) is 1. The van der Waals surface area contributed by atoms with Crippen LogP contribution in [0.3, 0.4) is 0 Å². The minimum atomic E-state index is 0.393. The third-order valence-electron chi connectivity index (χ3n) is 4.34. The Hall–Kier alpha value is -0.190. The van der Waals surface area contributed by atoms with Gasteiger partial charge in [0.1, 0.15) is 0 Å². The zero-order chi connectivity index (χ0) is 12.5. The van der Waals surface area contributed by atoms with Crippen molar-refractivity contribution in [3.63, 3.8) is 0 Å². The molecule has 2 rings (SSSR count). The Balaban J connectivity index is 1.85. The maximum Gasteiger partial charge on any atom is 0.0733 e. The first-order valence-corrected chi connectivity index (χ1v) is 6.99. The molecule has 1 aliphatic carbocycles. The second-order valence-corrected chi connectivity index (χ2v) is 6.44. The van der Waals surface area contributed by atoms with Crippen LogP contribution >= 0.6 is 12.2 Å². The van der Waals surface area contributed by atoms with Crippen LogP contribution in [0.2, 0.25) is 0 Å². The minimum Gasteiger partial charge on any atom is -0.393 e. The molecule has 98 valence electrons. The van der Waals surface area contributed by atoms with Gasteiger partial charge >= 0.3 is 0 Å². The molecule has 1 heterocycles. The van der Waals surface area contributed by atoms with Crippen LogP contribution in [0, 0.1) is 11.3 Å². The fourth-order valence-corrected chi connectivity index (χ4v) is 3.27. The molecule has 2 unspecified atom stereocenters. The molecule has 0 radical (unpaired) electrons. The van der Waals surface area contributed by atoms with Crippen molar-refractivity contribution in [1.82, 2.24) is 4.90 Å². The molecule has 2 aliphatic rings. The smallest absolute Gasteiger partial charge is 0.0733 e. The van der Waals surface area contributed by atoms with Gasteiger partial charge in [-0.3, -0.25) is 0 Å². The molecule has 0 aromatic heterocycles. The Morgan fingerprint density at radius 3 is 2.76 bits per heavy atom. The third kappa shape index (κ3) is 3.39. The number of likely N-dealkylation sites (tertiary alicyclic amines) is 1. The molecule has 2 fully saturated rings. The summed E-state index contributed by atoms with van der Waals surface area (Å²) in [5.41, 5.74) is 6.09. The fraction of sp³-hybridized carbons (Fsp3) is 0.923. The predicted octanol–water partition coefficient (Wildman–Crippen LogP) is 1.80. The van der Waals surface area contributed by atoms with Crippen molar-refractivity contribution in [2.45, 2.75) is 38.7 Å². The molecule has 4 heteroatoms. The molecule has 2 N–H and O–H groups in total. The highest BCUT2D eigenvalue weighted by Crippen LogP contribution is 2.49. The van der Waals surface area contributed by atoms with Crippen molar-refractivity contribution >= 4 is 17.2 Å². The summed E-state index contributed by atoms with van der Waals surface area (Å²) in [5, 5.41) is 0. The minimum absolute atomic E-state index is 0.393. The van der Waals surface area contributed by atoms with Crippen LogP contribution in [-0.2, 0) is 4.74 Å². The number of hydrogen-bond acceptors (Lipinski definition) is 3. The lowest BCUT2D eigenvalue weighted by Gasteiger charge is -2.38. The highest BCUT2D eigenvalue weighted by atomic mass is 32.1. The Morgan fingerprint density at radius 2 is 2.24 bits per heavy atom. The monoisotopic (exact) mass is 256 g/mol. The van der Waals surface area contributed by atoms with E-state index in [0.29, 0.717) is 22.4 Å². The van der Waals surface area contributed by atoms with Gasteiger partial charge in [0.2, 0.25) is 0 Å². The standard InChI is InChI=1S/C13H24N2OS/c1-10-3-6-15(8-11(10)16-2)9-13(4-5-13)7-12(14)17/h10-11H,3-9H2,1-2H3,(H2,14,17). The summed E-state index contributed by atoms with van der Waals surface area (Å²) in [6.07, 6.45) is 5.12. The molecule has 17 heavy (non-hydrogen) atoms. The predicted molar refractivity (Wildman–Crippen MR) is 74.1 cm³/mol. The quantitative estimate of drug-likeness (QED) is 0.761. The molecule has 0 amide bonds. The van der Waals surface area contributed by atoms with Crippen LogP contribution in [0.25, 0.3) is 0 Å². The van der Waals surface area contributed by atoms with Gasteiger partial charge in [0.15, 0.2) is 0 Å². The molecular weight excluding hydrogens is 232 g/mol. The van der Waals surface area contributed by atoms with E-state index in [1.807, 2.05) is 7.11 Å². The van der Waals surface area contributed by atoms with Gasteiger partial charge < -0.3 is 15.4 Å². The van der Waals surface area contributed by atoms with E-state index in [1.54, 1.807) is 0 Å². The second kappa shape index (κ2) is 5.21. The SMILES string of the molecule is COC1CN(CC2(CC(N)=S)CC2)CCC1C. The first-order valence-electron chi connectivity index (χ1n) is 6.58. The summed E-state index contributed by atoms with van der Waals surface area (Å²) < 4.78 is 5.56. The lowest BCUT2D eigenvalue weighted by Crippen LogP contribution is -2.46. The topological polar surface area (TPSA) is 38.5 Å². The van der Waals surface area contributed by atoms with Crippen molar-refractivity contribution in [1.29, 1.82) is 0 Å². The first kappa shape index (κ1) is 13.2. The number of nitrogens with two attached hydrogens (primary N) is 1. The van der Waals surface area contributed by atoms with Gasteiger partial charge in [0.05, 0.1) is 11.1 Å². The molecule has 1 saturated carbocycles. The van der Waals surface area contributed by atoms with Crippen molar-refractivity contribution in [2.24, 2.45) is 17.1 Å². The van der Waals surface area contributed by atoms with E-state index in [1.165, 1.54) is 25.8 Å². The summed E-state index contributed by atoms with van der Waals surface area (Å²) in [5.74, 6) is 0.682. The van der Waals surface area contributed by atoms with Gasteiger partial charge in [-0.15, -0.1) is 0 Å². The van der Waals surface area contributed by atoms with E-state index in [-0.39, 0.29) is 0 Å². The van der Waals surface area contributed by atoms with Crippen LogP contribution in [-0.4, -0.2) is 42.7 Å². The van der Waals surface area contributed by atoms with Crippen molar-refractivity contribution in [3.05, 3.63) is 0 Å². The summed E-state index contributed by atoms with van der Waals surface area (Å²) in [6, 6.07) is 0. The third-order valence-corrected chi connectivity index (χ3v) is 4.49. The first-order chi connectivity index (χ1) is 8.04. The van der Waals surface area contributed by atoms with Gasteiger partial charge in [-0.2, -0.15) is 0 Å². The Labute approximate surface area is 110 Å². The summed E-state index contributed by atoms with van der Waals surface area (Å²) in [7, 11) is 1.83. The largest absolute Gasteiger partial charge is 0.393 e.